The molecule has 1 aromatic heterocycles. The molecular weight excluding hydrogens is 268 g/mol. The number of aromatic nitrogens is 2. The van der Waals surface area contributed by atoms with Crippen molar-refractivity contribution in [3.8, 4) is 11.5 Å². The number of benzene rings is 1. The van der Waals surface area contributed by atoms with Crippen molar-refractivity contribution in [3.63, 3.8) is 0 Å². The topological polar surface area (TPSA) is 48.3 Å². The number of hydrogen-bond acceptors (Lipinski definition) is 4. The molecule has 0 atom stereocenters. The van der Waals surface area contributed by atoms with Gasteiger partial charge in [-0.1, -0.05) is 6.07 Å². The van der Waals surface area contributed by atoms with Gasteiger partial charge < -0.3 is 14.8 Å². The van der Waals surface area contributed by atoms with E-state index < -0.39 is 6.55 Å². The van der Waals surface area contributed by atoms with Crippen molar-refractivity contribution in [2.75, 3.05) is 6.79 Å². The normalized spacial score (nSPS) is 13.2. The van der Waals surface area contributed by atoms with Crippen molar-refractivity contribution in [1.29, 1.82) is 0 Å². The van der Waals surface area contributed by atoms with Gasteiger partial charge in [0.05, 0.1) is 6.54 Å². The van der Waals surface area contributed by atoms with Crippen molar-refractivity contribution in [2.24, 2.45) is 0 Å². The Labute approximate surface area is 114 Å². The Morgan fingerprint density at radius 2 is 2.10 bits per heavy atom. The highest BCUT2D eigenvalue weighted by molar-refractivity contribution is 5.44. The predicted octanol–water partition coefficient (Wildman–Crippen LogP) is 2.30. The summed E-state index contributed by atoms with van der Waals surface area (Å²) in [6.07, 6.45) is 2.63. The Morgan fingerprint density at radius 1 is 1.25 bits per heavy atom. The van der Waals surface area contributed by atoms with E-state index in [0.717, 1.165) is 15.9 Å². The summed E-state index contributed by atoms with van der Waals surface area (Å²) in [5, 5.41) is 3.08. The molecular formula is C13H13F2N3O2. The molecule has 0 radical (unpaired) electrons. The van der Waals surface area contributed by atoms with Gasteiger partial charge in [0, 0.05) is 18.9 Å². The van der Waals surface area contributed by atoms with Gasteiger partial charge in [0.2, 0.25) is 6.79 Å². The summed E-state index contributed by atoms with van der Waals surface area (Å²) in [7, 11) is 0. The zero-order chi connectivity index (χ0) is 13.9. The molecule has 2 heterocycles. The Bertz CT molecular complexity index is 601. The SMILES string of the molecule is FC(F)n1ccnc1CNCc1ccc2c(c1)OCO2. The van der Waals surface area contributed by atoms with Crippen molar-refractivity contribution in [2.45, 2.75) is 19.6 Å². The molecule has 1 aliphatic heterocycles. The summed E-state index contributed by atoms with van der Waals surface area (Å²) in [6.45, 7) is -1.53. The number of nitrogens with zero attached hydrogens (tertiary/aromatic N) is 2. The maximum atomic E-state index is 12.6. The third-order valence-corrected chi connectivity index (χ3v) is 3.01. The summed E-state index contributed by atoms with van der Waals surface area (Å²) in [5.74, 6) is 1.74. The van der Waals surface area contributed by atoms with E-state index in [4.69, 9.17) is 9.47 Å². The summed E-state index contributed by atoms with van der Waals surface area (Å²) in [4.78, 5) is 3.90. The highest BCUT2D eigenvalue weighted by Gasteiger charge is 2.13. The third kappa shape index (κ3) is 2.57. The molecule has 1 N–H and O–H groups in total. The highest BCUT2D eigenvalue weighted by Crippen LogP contribution is 2.32. The van der Waals surface area contributed by atoms with Gasteiger partial charge in [-0.3, -0.25) is 4.57 Å². The van der Waals surface area contributed by atoms with Crippen LogP contribution in [0.1, 0.15) is 17.9 Å². The lowest BCUT2D eigenvalue weighted by Crippen LogP contribution is -2.17. The summed E-state index contributed by atoms with van der Waals surface area (Å²) >= 11 is 0. The summed E-state index contributed by atoms with van der Waals surface area (Å²) < 4.78 is 36.6. The molecule has 1 aliphatic rings. The molecule has 0 unspecified atom stereocenters. The molecule has 1 aromatic carbocycles. The number of imidazole rings is 1. The highest BCUT2D eigenvalue weighted by atomic mass is 19.3. The number of nitrogens with one attached hydrogen (secondary N) is 1. The summed E-state index contributed by atoms with van der Waals surface area (Å²) in [6, 6.07) is 5.61. The lowest BCUT2D eigenvalue weighted by Gasteiger charge is -2.08. The molecule has 0 amide bonds. The van der Waals surface area contributed by atoms with Crippen LogP contribution in [0.15, 0.2) is 30.6 Å². The van der Waals surface area contributed by atoms with Gasteiger partial charge in [-0.15, -0.1) is 0 Å². The molecule has 5 nitrogen and oxygen atoms in total. The largest absolute Gasteiger partial charge is 0.454 e. The smallest absolute Gasteiger partial charge is 0.319 e. The maximum absolute atomic E-state index is 12.6. The first-order valence-corrected chi connectivity index (χ1v) is 6.13. The zero-order valence-electron chi connectivity index (χ0n) is 10.6. The van der Waals surface area contributed by atoms with Crippen LogP contribution in [0.25, 0.3) is 0 Å². The first-order valence-electron chi connectivity index (χ1n) is 6.13. The number of fused-ring (bicyclic) bond motifs is 1. The first-order chi connectivity index (χ1) is 9.74. The zero-order valence-corrected chi connectivity index (χ0v) is 10.6. The van der Waals surface area contributed by atoms with Gasteiger partial charge in [-0.2, -0.15) is 8.78 Å². The molecule has 0 fully saturated rings. The average molecular weight is 281 g/mol. The van der Waals surface area contributed by atoms with Crippen LogP contribution in [-0.2, 0) is 13.1 Å². The van der Waals surface area contributed by atoms with Crippen LogP contribution in [0.2, 0.25) is 0 Å². The van der Waals surface area contributed by atoms with Crippen molar-refractivity contribution in [1.82, 2.24) is 14.9 Å². The van der Waals surface area contributed by atoms with Crippen LogP contribution in [0.4, 0.5) is 8.78 Å². The van der Waals surface area contributed by atoms with Gasteiger partial charge in [0.15, 0.2) is 11.5 Å². The minimum absolute atomic E-state index is 0.234. The standard InChI is InChI=1S/C13H13F2N3O2/c14-13(15)18-4-3-17-12(18)7-16-6-9-1-2-10-11(5-9)20-8-19-10/h1-5,13,16H,6-8H2. The Kier molecular flexibility index (Phi) is 3.51. The minimum Gasteiger partial charge on any atom is -0.454 e. The van der Waals surface area contributed by atoms with Gasteiger partial charge in [-0.25, -0.2) is 4.98 Å². The van der Waals surface area contributed by atoms with E-state index in [1.165, 1.54) is 12.4 Å². The Morgan fingerprint density at radius 3 is 2.95 bits per heavy atom. The van der Waals surface area contributed by atoms with Crippen molar-refractivity contribution >= 4 is 0 Å². The molecule has 106 valence electrons. The molecule has 0 bridgehead atoms. The average Bonchev–Trinajstić information content (AvgIpc) is 3.06. The lowest BCUT2D eigenvalue weighted by molar-refractivity contribution is 0.0666. The van der Waals surface area contributed by atoms with Crippen LogP contribution in [-0.4, -0.2) is 16.3 Å². The Hall–Kier alpha value is -2.15. The van der Waals surface area contributed by atoms with Crippen LogP contribution in [0.3, 0.4) is 0 Å². The van der Waals surface area contributed by atoms with E-state index in [1.54, 1.807) is 0 Å². The quantitative estimate of drug-likeness (QED) is 0.913. The van der Waals surface area contributed by atoms with Gasteiger partial charge in [0.1, 0.15) is 5.82 Å². The number of halogens is 2. The predicted molar refractivity (Wildman–Crippen MR) is 66.6 cm³/mol. The number of ether oxygens (including phenoxy) is 2. The van der Waals surface area contributed by atoms with Crippen molar-refractivity contribution < 1.29 is 18.3 Å². The molecule has 20 heavy (non-hydrogen) atoms. The number of alkyl halides is 2. The lowest BCUT2D eigenvalue weighted by atomic mass is 10.2. The van der Waals surface area contributed by atoms with E-state index >= 15 is 0 Å². The second-order valence-electron chi connectivity index (χ2n) is 4.32. The minimum atomic E-state index is -2.57. The van der Waals surface area contributed by atoms with Gasteiger partial charge in [0.25, 0.3) is 0 Å². The monoisotopic (exact) mass is 281 g/mol. The first kappa shape index (κ1) is 12.9. The van der Waals surface area contributed by atoms with E-state index in [1.807, 2.05) is 18.2 Å². The fourth-order valence-corrected chi connectivity index (χ4v) is 2.03. The molecule has 0 aliphatic carbocycles. The van der Waals surface area contributed by atoms with Crippen LogP contribution in [0.5, 0.6) is 11.5 Å². The van der Waals surface area contributed by atoms with Gasteiger partial charge >= 0.3 is 6.55 Å². The number of hydrogen-bond donors (Lipinski definition) is 1. The Balaban J connectivity index is 1.59. The number of rotatable bonds is 5. The van der Waals surface area contributed by atoms with E-state index in [-0.39, 0.29) is 13.3 Å². The van der Waals surface area contributed by atoms with Crippen molar-refractivity contribution in [3.05, 3.63) is 42.0 Å². The second-order valence-corrected chi connectivity index (χ2v) is 4.32. The van der Waals surface area contributed by atoms with E-state index in [0.29, 0.717) is 18.1 Å². The van der Waals surface area contributed by atoms with Crippen LogP contribution >= 0.6 is 0 Å². The fourth-order valence-electron chi connectivity index (χ4n) is 2.03. The molecule has 3 rings (SSSR count). The molecule has 2 aromatic rings. The molecule has 0 spiro atoms. The molecule has 0 saturated heterocycles. The summed E-state index contributed by atoms with van der Waals surface area (Å²) in [5.41, 5.74) is 0.990. The fraction of sp³-hybridized carbons (Fsp3) is 0.308. The van der Waals surface area contributed by atoms with E-state index in [9.17, 15) is 8.78 Å². The third-order valence-electron chi connectivity index (χ3n) is 3.01. The maximum Gasteiger partial charge on any atom is 0.319 e. The van der Waals surface area contributed by atoms with Crippen LogP contribution in [0, 0.1) is 0 Å². The van der Waals surface area contributed by atoms with Gasteiger partial charge in [-0.05, 0) is 17.7 Å². The molecule has 7 heteroatoms. The molecule has 0 saturated carbocycles. The van der Waals surface area contributed by atoms with E-state index in [2.05, 4.69) is 10.3 Å². The second kappa shape index (κ2) is 5.46. The van der Waals surface area contributed by atoms with Crippen LogP contribution < -0.4 is 14.8 Å².